The van der Waals surface area contributed by atoms with Gasteiger partial charge in [0.2, 0.25) is 0 Å². The molecule has 0 radical (unpaired) electrons. The molecule has 0 aliphatic heterocycles. The quantitative estimate of drug-likeness (QED) is 0.219. The van der Waals surface area contributed by atoms with E-state index in [1.54, 1.807) is 0 Å². The van der Waals surface area contributed by atoms with Gasteiger partial charge in [0.05, 0.1) is 11.0 Å². The van der Waals surface area contributed by atoms with E-state index in [1.807, 2.05) is 36.4 Å². The molecule has 162 valence electrons. The zero-order valence-corrected chi connectivity index (χ0v) is 18.6. The minimum absolute atomic E-state index is 0.152. The number of aromatic nitrogens is 1. The van der Waals surface area contributed by atoms with Crippen molar-refractivity contribution in [2.45, 2.75) is 70.8 Å². The van der Waals surface area contributed by atoms with Crippen molar-refractivity contribution in [2.24, 2.45) is 5.92 Å². The van der Waals surface area contributed by atoms with E-state index in [2.05, 4.69) is 41.0 Å². The molecule has 0 bridgehead atoms. The number of fused-ring (bicyclic) bond motifs is 2. The normalized spacial score (nSPS) is 13.7. The first-order chi connectivity index (χ1) is 15.3. The average molecular weight is 414 g/mol. The number of para-hydroxylation sites is 2. The van der Waals surface area contributed by atoms with Crippen molar-refractivity contribution in [1.82, 2.24) is 4.57 Å². The van der Waals surface area contributed by atoms with Crippen LogP contribution in [-0.4, -0.2) is 4.57 Å². The summed E-state index contributed by atoms with van der Waals surface area (Å²) in [6.45, 7) is 0.978. The molecule has 0 saturated carbocycles. The summed E-state index contributed by atoms with van der Waals surface area (Å²) < 4.78 is 2.35. The van der Waals surface area contributed by atoms with E-state index >= 15 is 0 Å². The van der Waals surface area contributed by atoms with E-state index in [1.165, 1.54) is 64.2 Å². The highest BCUT2D eigenvalue weighted by atomic mass is 16.1. The van der Waals surface area contributed by atoms with Gasteiger partial charge in [-0.3, -0.25) is 4.79 Å². The number of hydrogen-bond acceptors (Lipinski definition) is 1. The maximum atomic E-state index is 12.8. The number of pyridine rings is 1. The second-order valence-corrected chi connectivity index (χ2v) is 8.92. The summed E-state index contributed by atoms with van der Waals surface area (Å²) in [4.78, 5) is 12.8. The van der Waals surface area contributed by atoms with Crippen LogP contribution >= 0.6 is 0 Å². The van der Waals surface area contributed by atoms with Gasteiger partial charge in [-0.1, -0.05) is 99.9 Å². The van der Waals surface area contributed by atoms with Crippen molar-refractivity contribution in [2.75, 3.05) is 0 Å². The van der Waals surface area contributed by atoms with Crippen molar-refractivity contribution >= 4 is 21.8 Å². The highest BCUT2D eigenvalue weighted by Gasteiger charge is 2.09. The number of benzene rings is 2. The van der Waals surface area contributed by atoms with Gasteiger partial charge in [-0.2, -0.15) is 0 Å². The van der Waals surface area contributed by atoms with E-state index in [9.17, 15) is 4.79 Å². The largest absolute Gasteiger partial charge is 0.340 e. The molecule has 4 rings (SSSR count). The topological polar surface area (TPSA) is 22.0 Å². The Bertz CT molecular complexity index is 1030. The van der Waals surface area contributed by atoms with E-state index in [-0.39, 0.29) is 5.43 Å². The lowest BCUT2D eigenvalue weighted by atomic mass is 10.0. The molecule has 0 amide bonds. The zero-order valence-electron chi connectivity index (χ0n) is 18.6. The van der Waals surface area contributed by atoms with Crippen LogP contribution in [0.2, 0.25) is 0 Å². The van der Waals surface area contributed by atoms with Crippen LogP contribution < -0.4 is 5.43 Å². The average Bonchev–Trinajstić information content (AvgIpc) is 3.33. The van der Waals surface area contributed by atoms with Crippen LogP contribution in [0.3, 0.4) is 0 Å². The van der Waals surface area contributed by atoms with Gasteiger partial charge in [0.25, 0.3) is 0 Å². The van der Waals surface area contributed by atoms with Gasteiger partial charge in [0.15, 0.2) is 5.43 Å². The number of hydrogen-bond donors (Lipinski definition) is 0. The van der Waals surface area contributed by atoms with Crippen LogP contribution in [0.15, 0.2) is 77.6 Å². The second kappa shape index (κ2) is 11.1. The second-order valence-electron chi connectivity index (χ2n) is 8.92. The highest BCUT2D eigenvalue weighted by Crippen LogP contribution is 2.21. The molecule has 31 heavy (non-hydrogen) atoms. The molecule has 1 aromatic heterocycles. The van der Waals surface area contributed by atoms with Crippen molar-refractivity contribution in [3.63, 3.8) is 0 Å². The van der Waals surface area contributed by atoms with E-state index < -0.39 is 0 Å². The van der Waals surface area contributed by atoms with Crippen LogP contribution in [0, 0.1) is 5.92 Å². The van der Waals surface area contributed by atoms with Crippen LogP contribution in [0.25, 0.3) is 21.8 Å². The Morgan fingerprint density at radius 1 is 0.613 bits per heavy atom. The minimum atomic E-state index is 0.152. The summed E-state index contributed by atoms with van der Waals surface area (Å²) >= 11 is 0. The maximum absolute atomic E-state index is 12.8. The molecule has 0 saturated heterocycles. The first-order valence-electron chi connectivity index (χ1n) is 12.2. The Morgan fingerprint density at radius 2 is 1.10 bits per heavy atom. The fraction of sp³-hybridized carbons (Fsp3) is 0.414. The van der Waals surface area contributed by atoms with Gasteiger partial charge in [0, 0.05) is 17.3 Å². The zero-order chi connectivity index (χ0) is 21.3. The monoisotopic (exact) mass is 413 g/mol. The first kappa shape index (κ1) is 21.6. The number of nitrogens with zero attached hydrogens (tertiary/aromatic N) is 1. The number of aryl methyl sites for hydroxylation is 1. The Labute approximate surface area is 186 Å². The van der Waals surface area contributed by atoms with Crippen molar-refractivity contribution in [3.8, 4) is 0 Å². The summed E-state index contributed by atoms with van der Waals surface area (Å²) in [7, 11) is 0. The molecule has 1 aliphatic carbocycles. The molecule has 0 atom stereocenters. The lowest BCUT2D eigenvalue weighted by Gasteiger charge is -2.15. The number of rotatable bonds is 12. The predicted octanol–water partition coefficient (Wildman–Crippen LogP) is 7.80. The molecular weight excluding hydrogens is 378 g/mol. The van der Waals surface area contributed by atoms with Gasteiger partial charge >= 0.3 is 0 Å². The third kappa shape index (κ3) is 5.55. The minimum Gasteiger partial charge on any atom is -0.340 e. The lowest BCUT2D eigenvalue weighted by Crippen LogP contribution is -2.11. The summed E-state index contributed by atoms with van der Waals surface area (Å²) in [5.74, 6) is 0.706. The highest BCUT2D eigenvalue weighted by molar-refractivity contribution is 5.93. The molecule has 2 nitrogen and oxygen atoms in total. The molecule has 1 heterocycles. The standard InChI is InChI=1S/C29H35NO/c31-29-25-19-11-13-21-27(25)30(28-22-14-12-20-26(28)29)23-15-7-5-3-1-2-4-6-8-16-24-17-9-10-18-24/h9-14,17-22,24H,1-8,15-16,23H2. The van der Waals surface area contributed by atoms with Crippen molar-refractivity contribution in [3.05, 3.63) is 83.1 Å². The van der Waals surface area contributed by atoms with E-state index in [0.29, 0.717) is 5.92 Å². The first-order valence-corrected chi connectivity index (χ1v) is 12.2. The summed E-state index contributed by atoms with van der Waals surface area (Å²) in [5.41, 5.74) is 2.28. The SMILES string of the molecule is O=c1c2ccccc2n(CCCCCCCCCCCC2C=CC=C2)c2ccccc12. The van der Waals surface area contributed by atoms with Crippen LogP contribution in [0.5, 0.6) is 0 Å². The molecule has 0 fully saturated rings. The van der Waals surface area contributed by atoms with E-state index in [0.717, 1.165) is 28.4 Å². The van der Waals surface area contributed by atoms with Crippen LogP contribution in [0.4, 0.5) is 0 Å². The maximum Gasteiger partial charge on any atom is 0.197 e. The summed E-state index contributed by atoms with van der Waals surface area (Å²) in [6.07, 6.45) is 22.3. The van der Waals surface area contributed by atoms with E-state index in [4.69, 9.17) is 0 Å². The Morgan fingerprint density at radius 3 is 1.68 bits per heavy atom. The fourth-order valence-corrected chi connectivity index (χ4v) is 4.88. The fourth-order valence-electron chi connectivity index (χ4n) is 4.88. The van der Waals surface area contributed by atoms with Crippen molar-refractivity contribution < 1.29 is 0 Å². The van der Waals surface area contributed by atoms with Gasteiger partial charge in [-0.25, -0.2) is 0 Å². The Kier molecular flexibility index (Phi) is 7.76. The van der Waals surface area contributed by atoms with Gasteiger partial charge < -0.3 is 4.57 Å². The number of allylic oxidation sites excluding steroid dienone is 4. The summed E-state index contributed by atoms with van der Waals surface area (Å²) in [5, 5.41) is 1.67. The predicted molar refractivity (Wildman–Crippen MR) is 134 cm³/mol. The molecule has 0 N–H and O–H groups in total. The molecule has 0 unspecified atom stereocenters. The van der Waals surface area contributed by atoms with Gasteiger partial charge in [-0.05, 0) is 43.0 Å². The van der Waals surface area contributed by atoms with Crippen molar-refractivity contribution in [1.29, 1.82) is 0 Å². The molecule has 0 spiro atoms. The molecule has 3 aromatic rings. The molecule has 2 heteroatoms. The van der Waals surface area contributed by atoms with Crippen LogP contribution in [-0.2, 0) is 6.54 Å². The molecule has 2 aromatic carbocycles. The van der Waals surface area contributed by atoms with Crippen LogP contribution in [0.1, 0.15) is 64.2 Å². The Hall–Kier alpha value is -2.61. The molecule has 1 aliphatic rings. The third-order valence-electron chi connectivity index (χ3n) is 6.63. The lowest BCUT2D eigenvalue weighted by molar-refractivity contribution is 0.530. The molecular formula is C29H35NO. The number of unbranched alkanes of at least 4 members (excludes halogenated alkanes) is 8. The third-order valence-corrected chi connectivity index (χ3v) is 6.63. The van der Waals surface area contributed by atoms with Gasteiger partial charge in [0.1, 0.15) is 0 Å². The Balaban J connectivity index is 1.19. The van der Waals surface area contributed by atoms with Gasteiger partial charge in [-0.15, -0.1) is 0 Å². The summed E-state index contributed by atoms with van der Waals surface area (Å²) in [6, 6.07) is 16.1. The smallest absolute Gasteiger partial charge is 0.197 e.